The van der Waals surface area contributed by atoms with Crippen LogP contribution in [0.2, 0.25) is 0 Å². The fourth-order valence-electron chi connectivity index (χ4n) is 3.96. The zero-order valence-electron chi connectivity index (χ0n) is 15.1. The Labute approximate surface area is 144 Å². The molecule has 0 radical (unpaired) electrons. The van der Waals surface area contributed by atoms with Gasteiger partial charge in [-0.2, -0.15) is 0 Å². The molecule has 1 saturated heterocycles. The van der Waals surface area contributed by atoms with Gasteiger partial charge in [-0.15, -0.1) is 0 Å². The second kappa shape index (κ2) is 7.64. The van der Waals surface area contributed by atoms with E-state index in [1.165, 1.54) is 5.52 Å². The van der Waals surface area contributed by atoms with Crippen LogP contribution in [0.25, 0.3) is 11.0 Å². The van der Waals surface area contributed by atoms with Gasteiger partial charge in [-0.1, -0.05) is 12.1 Å². The summed E-state index contributed by atoms with van der Waals surface area (Å²) in [5, 5.41) is 9.41. The molecule has 2 heterocycles. The van der Waals surface area contributed by atoms with Crippen molar-refractivity contribution in [3.63, 3.8) is 0 Å². The van der Waals surface area contributed by atoms with Crippen LogP contribution in [0, 0.1) is 0 Å². The molecule has 5 nitrogen and oxygen atoms in total. The second-order valence-electron chi connectivity index (χ2n) is 6.99. The molecule has 0 bridgehead atoms. The minimum atomic E-state index is 0.259. The molecule has 132 valence electrons. The van der Waals surface area contributed by atoms with Crippen molar-refractivity contribution < 1.29 is 5.11 Å². The minimum Gasteiger partial charge on any atom is -0.396 e. The summed E-state index contributed by atoms with van der Waals surface area (Å²) in [4.78, 5) is 9.88. The fraction of sp³-hybridized carbons (Fsp3) is 0.632. The van der Waals surface area contributed by atoms with Crippen LogP contribution in [-0.2, 0) is 13.1 Å². The zero-order chi connectivity index (χ0) is 17.1. The summed E-state index contributed by atoms with van der Waals surface area (Å²) < 4.78 is 2.32. The van der Waals surface area contributed by atoms with Gasteiger partial charge in [0.1, 0.15) is 5.82 Å². The molecular formula is C19H30N4O. The highest BCUT2D eigenvalue weighted by atomic mass is 16.3. The van der Waals surface area contributed by atoms with E-state index >= 15 is 0 Å². The number of aliphatic hydroxyl groups is 1. The second-order valence-corrected chi connectivity index (χ2v) is 6.99. The van der Waals surface area contributed by atoms with E-state index < -0.39 is 0 Å². The third-order valence-corrected chi connectivity index (χ3v) is 5.15. The smallest absolute Gasteiger partial charge is 0.124 e. The van der Waals surface area contributed by atoms with Gasteiger partial charge in [0.15, 0.2) is 0 Å². The summed E-state index contributed by atoms with van der Waals surface area (Å²) in [6.45, 7) is 11.9. The molecule has 1 N–H and O–H groups in total. The number of rotatable bonds is 6. The van der Waals surface area contributed by atoms with E-state index in [1.54, 1.807) is 0 Å². The number of aryl methyl sites for hydroxylation is 1. The number of aromatic nitrogens is 2. The summed E-state index contributed by atoms with van der Waals surface area (Å²) in [6.07, 6.45) is 0.846. The normalized spacial score (nSPS) is 20.3. The molecule has 3 rings (SSSR count). The van der Waals surface area contributed by atoms with E-state index in [-0.39, 0.29) is 6.61 Å². The van der Waals surface area contributed by atoms with E-state index in [0.29, 0.717) is 12.1 Å². The van der Waals surface area contributed by atoms with Gasteiger partial charge in [-0.3, -0.25) is 9.80 Å². The Balaban J connectivity index is 1.76. The van der Waals surface area contributed by atoms with Crippen LogP contribution in [0.1, 0.15) is 33.0 Å². The lowest BCUT2D eigenvalue weighted by molar-refractivity contribution is 0.0335. The number of para-hydroxylation sites is 2. The van der Waals surface area contributed by atoms with E-state index in [4.69, 9.17) is 4.98 Å². The molecule has 0 aliphatic carbocycles. The number of benzene rings is 1. The predicted molar refractivity (Wildman–Crippen MR) is 98.0 cm³/mol. The molecule has 24 heavy (non-hydrogen) atoms. The molecule has 0 amide bonds. The van der Waals surface area contributed by atoms with Crippen LogP contribution in [-0.4, -0.2) is 62.8 Å². The molecule has 0 spiro atoms. The maximum Gasteiger partial charge on any atom is 0.124 e. The topological polar surface area (TPSA) is 44.5 Å². The minimum absolute atomic E-state index is 0.259. The van der Waals surface area contributed by atoms with Gasteiger partial charge in [0.2, 0.25) is 0 Å². The van der Waals surface area contributed by atoms with E-state index in [9.17, 15) is 5.11 Å². The van der Waals surface area contributed by atoms with Crippen molar-refractivity contribution in [2.75, 3.05) is 26.2 Å². The highest BCUT2D eigenvalue weighted by Gasteiger charge is 2.28. The molecular weight excluding hydrogens is 300 g/mol. The lowest BCUT2D eigenvalue weighted by atomic mass is 10.1. The summed E-state index contributed by atoms with van der Waals surface area (Å²) in [5.41, 5.74) is 2.31. The van der Waals surface area contributed by atoms with Crippen molar-refractivity contribution in [2.24, 2.45) is 0 Å². The van der Waals surface area contributed by atoms with Crippen LogP contribution in [0.4, 0.5) is 0 Å². The first-order chi connectivity index (χ1) is 11.6. The van der Waals surface area contributed by atoms with Gasteiger partial charge < -0.3 is 9.67 Å². The number of fused-ring (bicyclic) bond motifs is 1. The van der Waals surface area contributed by atoms with Crippen molar-refractivity contribution in [1.82, 2.24) is 19.4 Å². The van der Waals surface area contributed by atoms with E-state index in [1.807, 2.05) is 0 Å². The number of hydrogen-bond acceptors (Lipinski definition) is 4. The Hall–Kier alpha value is -1.43. The molecule has 0 unspecified atom stereocenters. The van der Waals surface area contributed by atoms with Crippen LogP contribution in [0.15, 0.2) is 24.3 Å². The Bertz CT molecular complexity index is 666. The number of nitrogens with zero attached hydrogens (tertiary/aromatic N) is 4. The van der Waals surface area contributed by atoms with Gasteiger partial charge in [0.05, 0.1) is 17.6 Å². The first kappa shape index (κ1) is 17.4. The summed E-state index contributed by atoms with van der Waals surface area (Å²) in [6, 6.07) is 9.35. The number of imidazole rings is 1. The molecule has 1 aromatic heterocycles. The van der Waals surface area contributed by atoms with Crippen LogP contribution in [0.5, 0.6) is 0 Å². The van der Waals surface area contributed by atoms with Crippen molar-refractivity contribution in [2.45, 2.75) is 52.4 Å². The van der Waals surface area contributed by atoms with Crippen molar-refractivity contribution in [1.29, 1.82) is 0 Å². The Morgan fingerprint density at radius 2 is 2.04 bits per heavy atom. The average molecular weight is 330 g/mol. The SMILES string of the molecule is CCn1c(CN2CCN(C(C)C)[C@@H](CCO)C2)nc2ccccc21. The van der Waals surface area contributed by atoms with E-state index in [2.05, 4.69) is 59.4 Å². The standard InChI is InChI=1S/C19H30N4O/c1-4-22-18-8-6-5-7-17(18)20-19(22)14-21-10-11-23(15(2)3)16(13-21)9-12-24/h5-8,15-16,24H,4,9-14H2,1-3H3/t16-/m0/s1. The molecule has 1 aliphatic heterocycles. The fourth-order valence-corrected chi connectivity index (χ4v) is 3.96. The van der Waals surface area contributed by atoms with Crippen molar-refractivity contribution in [3.05, 3.63) is 30.1 Å². The van der Waals surface area contributed by atoms with Gasteiger partial charge in [-0.05, 0) is 39.3 Å². The Morgan fingerprint density at radius 1 is 1.25 bits per heavy atom. The average Bonchev–Trinajstić information content (AvgIpc) is 2.92. The molecule has 2 aromatic rings. The van der Waals surface area contributed by atoms with Gasteiger partial charge in [-0.25, -0.2) is 4.98 Å². The summed E-state index contributed by atoms with van der Waals surface area (Å²) in [7, 11) is 0. The molecule has 1 fully saturated rings. The maximum atomic E-state index is 9.41. The predicted octanol–water partition coefficient (Wildman–Crippen LogP) is 2.33. The first-order valence-corrected chi connectivity index (χ1v) is 9.17. The van der Waals surface area contributed by atoms with Crippen molar-refractivity contribution in [3.8, 4) is 0 Å². The molecule has 5 heteroatoms. The van der Waals surface area contributed by atoms with E-state index in [0.717, 1.165) is 50.5 Å². The van der Waals surface area contributed by atoms with Crippen LogP contribution in [0.3, 0.4) is 0 Å². The Morgan fingerprint density at radius 3 is 2.75 bits per heavy atom. The van der Waals surface area contributed by atoms with Gasteiger partial charge in [0.25, 0.3) is 0 Å². The molecule has 0 saturated carbocycles. The maximum absolute atomic E-state index is 9.41. The monoisotopic (exact) mass is 330 g/mol. The lowest BCUT2D eigenvalue weighted by Crippen LogP contribution is -2.55. The Kier molecular flexibility index (Phi) is 5.54. The summed E-state index contributed by atoms with van der Waals surface area (Å²) in [5.74, 6) is 1.15. The molecule has 1 aromatic carbocycles. The van der Waals surface area contributed by atoms with Crippen LogP contribution < -0.4 is 0 Å². The van der Waals surface area contributed by atoms with Crippen LogP contribution >= 0.6 is 0 Å². The van der Waals surface area contributed by atoms with Crippen molar-refractivity contribution >= 4 is 11.0 Å². The highest BCUT2D eigenvalue weighted by Crippen LogP contribution is 2.20. The summed E-state index contributed by atoms with van der Waals surface area (Å²) >= 11 is 0. The quantitative estimate of drug-likeness (QED) is 0.883. The highest BCUT2D eigenvalue weighted by molar-refractivity contribution is 5.75. The number of aliphatic hydroxyl groups excluding tert-OH is 1. The third-order valence-electron chi connectivity index (χ3n) is 5.15. The number of hydrogen-bond donors (Lipinski definition) is 1. The first-order valence-electron chi connectivity index (χ1n) is 9.17. The molecule has 1 atom stereocenters. The van der Waals surface area contributed by atoms with Gasteiger partial charge in [0, 0.05) is 44.9 Å². The zero-order valence-corrected chi connectivity index (χ0v) is 15.1. The lowest BCUT2D eigenvalue weighted by Gasteiger charge is -2.43. The molecule has 1 aliphatic rings. The van der Waals surface area contributed by atoms with Gasteiger partial charge >= 0.3 is 0 Å². The largest absolute Gasteiger partial charge is 0.396 e. The third kappa shape index (κ3) is 3.48. The number of piperazine rings is 1.